The van der Waals surface area contributed by atoms with E-state index in [4.69, 9.17) is 5.84 Å². The molecule has 1 aromatic heterocycles. The van der Waals surface area contributed by atoms with Crippen LogP contribution in [0.2, 0.25) is 0 Å². The molecule has 5 heteroatoms. The summed E-state index contributed by atoms with van der Waals surface area (Å²) < 4.78 is 2.49. The minimum Gasteiger partial charge on any atom is -0.335 e. The fraction of sp³-hybridized carbons (Fsp3) is 0.769. The number of nitrogens with two attached hydrogens (primary N) is 1. The van der Waals surface area contributed by atoms with Gasteiger partial charge in [0.2, 0.25) is 0 Å². The van der Waals surface area contributed by atoms with Crippen molar-refractivity contribution in [3.63, 3.8) is 0 Å². The summed E-state index contributed by atoms with van der Waals surface area (Å²) in [5, 5.41) is 0. The number of thioether (sulfide) groups is 1. The Morgan fingerprint density at radius 1 is 1.67 bits per heavy atom. The molecule has 1 fully saturated rings. The molecule has 1 aliphatic heterocycles. The Hall–Kier alpha value is -0.520. The minimum atomic E-state index is 0.248. The zero-order valence-corrected chi connectivity index (χ0v) is 12.2. The first kappa shape index (κ1) is 13.9. The van der Waals surface area contributed by atoms with E-state index in [1.54, 1.807) is 0 Å². The van der Waals surface area contributed by atoms with Gasteiger partial charge in [-0.3, -0.25) is 11.3 Å². The van der Waals surface area contributed by atoms with Crippen LogP contribution in [0.1, 0.15) is 38.9 Å². The molecular weight excluding hydrogens is 244 g/mol. The lowest BCUT2D eigenvalue weighted by Gasteiger charge is -2.32. The lowest BCUT2D eigenvalue weighted by atomic mass is 9.94. The van der Waals surface area contributed by atoms with Crippen molar-refractivity contribution >= 4 is 11.8 Å². The van der Waals surface area contributed by atoms with Gasteiger partial charge < -0.3 is 4.57 Å². The van der Waals surface area contributed by atoms with E-state index in [0.717, 1.165) is 25.2 Å². The van der Waals surface area contributed by atoms with Crippen molar-refractivity contribution in [1.29, 1.82) is 0 Å². The van der Waals surface area contributed by atoms with Crippen molar-refractivity contribution in [3.05, 3.63) is 18.2 Å². The Kier molecular flexibility index (Phi) is 4.70. The van der Waals surface area contributed by atoms with Crippen molar-refractivity contribution < 1.29 is 0 Å². The standard InChI is InChI=1S/C13H24N4S/c1-3-7-17-8-6-15-12(17)10-11(16-14)13(2)5-4-9-18-13/h6,8,11,16H,3-5,7,9-10,14H2,1-2H3. The van der Waals surface area contributed by atoms with Crippen molar-refractivity contribution in [2.24, 2.45) is 5.84 Å². The maximum Gasteiger partial charge on any atom is 0.110 e. The summed E-state index contributed by atoms with van der Waals surface area (Å²) in [7, 11) is 0. The SMILES string of the molecule is CCCn1ccnc1CC(NN)C1(C)CCCS1. The number of hydrazine groups is 1. The van der Waals surface area contributed by atoms with E-state index < -0.39 is 0 Å². The van der Waals surface area contributed by atoms with Crippen molar-refractivity contribution in [3.8, 4) is 0 Å². The predicted molar refractivity (Wildman–Crippen MR) is 77.4 cm³/mol. The molecular formula is C13H24N4S. The topological polar surface area (TPSA) is 55.9 Å². The molecule has 4 nitrogen and oxygen atoms in total. The normalized spacial score (nSPS) is 25.5. The van der Waals surface area contributed by atoms with Gasteiger partial charge in [0, 0.05) is 36.1 Å². The highest BCUT2D eigenvalue weighted by Crippen LogP contribution is 2.41. The summed E-state index contributed by atoms with van der Waals surface area (Å²) in [6, 6.07) is 0.294. The second-order valence-electron chi connectivity index (χ2n) is 5.22. The number of hydrogen-bond donors (Lipinski definition) is 2. The van der Waals surface area contributed by atoms with Crippen molar-refractivity contribution in [1.82, 2.24) is 15.0 Å². The molecule has 0 bridgehead atoms. The van der Waals surface area contributed by atoms with E-state index in [9.17, 15) is 0 Å². The van der Waals surface area contributed by atoms with Gasteiger partial charge in [-0.15, -0.1) is 0 Å². The van der Waals surface area contributed by atoms with E-state index in [1.807, 2.05) is 18.0 Å². The Labute approximate surface area is 114 Å². The monoisotopic (exact) mass is 268 g/mol. The first-order chi connectivity index (χ1) is 8.69. The molecule has 0 saturated carbocycles. The van der Waals surface area contributed by atoms with E-state index in [2.05, 4.69) is 35.0 Å². The van der Waals surface area contributed by atoms with Gasteiger partial charge >= 0.3 is 0 Å². The third-order valence-electron chi connectivity index (χ3n) is 3.84. The first-order valence-corrected chi connectivity index (χ1v) is 7.78. The Morgan fingerprint density at radius 3 is 3.11 bits per heavy atom. The van der Waals surface area contributed by atoms with Gasteiger partial charge in [-0.2, -0.15) is 11.8 Å². The molecule has 1 saturated heterocycles. The molecule has 0 spiro atoms. The smallest absolute Gasteiger partial charge is 0.110 e. The lowest BCUT2D eigenvalue weighted by Crippen LogP contribution is -2.50. The van der Waals surface area contributed by atoms with Gasteiger partial charge in [-0.05, 0) is 31.9 Å². The van der Waals surface area contributed by atoms with E-state index in [0.29, 0.717) is 6.04 Å². The molecule has 3 N–H and O–H groups in total. The van der Waals surface area contributed by atoms with Crippen LogP contribution in [-0.4, -0.2) is 26.1 Å². The van der Waals surface area contributed by atoms with Gasteiger partial charge in [-0.25, -0.2) is 4.98 Å². The molecule has 0 aliphatic carbocycles. The Morgan fingerprint density at radius 2 is 2.50 bits per heavy atom. The first-order valence-electron chi connectivity index (χ1n) is 6.79. The molecule has 0 aromatic carbocycles. The summed E-state index contributed by atoms with van der Waals surface area (Å²) in [4.78, 5) is 4.48. The van der Waals surface area contributed by atoms with Crippen LogP contribution in [0.5, 0.6) is 0 Å². The average Bonchev–Trinajstić information content (AvgIpc) is 2.97. The molecule has 0 amide bonds. The lowest BCUT2D eigenvalue weighted by molar-refractivity contribution is 0.394. The van der Waals surface area contributed by atoms with Crippen LogP contribution in [0.25, 0.3) is 0 Å². The van der Waals surface area contributed by atoms with Crippen LogP contribution in [0, 0.1) is 0 Å². The van der Waals surface area contributed by atoms with E-state index in [-0.39, 0.29) is 4.75 Å². The van der Waals surface area contributed by atoms with Crippen molar-refractivity contribution in [2.75, 3.05) is 5.75 Å². The summed E-state index contributed by atoms with van der Waals surface area (Å²) >= 11 is 2.04. The van der Waals surface area contributed by atoms with Crippen LogP contribution in [0.3, 0.4) is 0 Å². The quantitative estimate of drug-likeness (QED) is 0.611. The molecule has 2 heterocycles. The third kappa shape index (κ3) is 2.90. The van der Waals surface area contributed by atoms with Crippen LogP contribution in [-0.2, 0) is 13.0 Å². The molecule has 2 rings (SSSR count). The van der Waals surface area contributed by atoms with Crippen LogP contribution in [0.15, 0.2) is 12.4 Å². The second kappa shape index (κ2) is 6.08. The van der Waals surface area contributed by atoms with Gasteiger partial charge in [0.25, 0.3) is 0 Å². The predicted octanol–water partition coefficient (Wildman–Crippen LogP) is 1.95. The molecule has 2 atom stereocenters. The molecule has 1 aliphatic rings. The molecule has 1 aromatic rings. The summed E-state index contributed by atoms with van der Waals surface area (Å²) in [6.45, 7) is 5.55. The van der Waals surface area contributed by atoms with Crippen LogP contribution >= 0.6 is 11.8 Å². The highest BCUT2D eigenvalue weighted by atomic mass is 32.2. The van der Waals surface area contributed by atoms with Gasteiger partial charge in [0.1, 0.15) is 5.82 Å². The van der Waals surface area contributed by atoms with Gasteiger partial charge in [0.15, 0.2) is 0 Å². The number of aryl methyl sites for hydroxylation is 1. The fourth-order valence-electron chi connectivity index (χ4n) is 2.68. The Bertz CT molecular complexity index is 371. The number of aromatic nitrogens is 2. The molecule has 0 radical (unpaired) electrons. The third-order valence-corrected chi connectivity index (χ3v) is 5.48. The number of nitrogens with one attached hydrogen (secondary N) is 1. The van der Waals surface area contributed by atoms with Crippen LogP contribution < -0.4 is 11.3 Å². The fourth-order valence-corrected chi connectivity index (χ4v) is 4.08. The average molecular weight is 268 g/mol. The zero-order valence-electron chi connectivity index (χ0n) is 11.4. The molecule has 18 heavy (non-hydrogen) atoms. The highest BCUT2D eigenvalue weighted by Gasteiger charge is 2.37. The largest absolute Gasteiger partial charge is 0.335 e. The summed E-state index contributed by atoms with van der Waals surface area (Å²) in [6.07, 6.45) is 8.53. The molecule has 102 valence electrons. The minimum absolute atomic E-state index is 0.248. The van der Waals surface area contributed by atoms with E-state index in [1.165, 1.54) is 18.6 Å². The number of nitrogens with zero attached hydrogens (tertiary/aromatic N) is 2. The van der Waals surface area contributed by atoms with Gasteiger partial charge in [-0.1, -0.05) is 6.92 Å². The maximum absolute atomic E-state index is 5.78. The second-order valence-corrected chi connectivity index (χ2v) is 6.85. The summed E-state index contributed by atoms with van der Waals surface area (Å²) in [5.41, 5.74) is 3.02. The number of hydrogen-bond acceptors (Lipinski definition) is 4. The maximum atomic E-state index is 5.78. The number of rotatable bonds is 6. The van der Waals surface area contributed by atoms with Crippen molar-refractivity contribution in [2.45, 2.75) is 56.9 Å². The van der Waals surface area contributed by atoms with Gasteiger partial charge in [0.05, 0.1) is 0 Å². The number of imidazole rings is 1. The van der Waals surface area contributed by atoms with E-state index >= 15 is 0 Å². The van der Waals surface area contributed by atoms with Crippen LogP contribution in [0.4, 0.5) is 0 Å². The summed E-state index contributed by atoms with van der Waals surface area (Å²) in [5.74, 6) is 8.17. The Balaban J connectivity index is 2.07. The zero-order chi connectivity index (χ0) is 13.0. The highest BCUT2D eigenvalue weighted by molar-refractivity contribution is 8.00. The molecule has 2 unspecified atom stereocenters.